The highest BCUT2D eigenvalue weighted by molar-refractivity contribution is 5.92. The Balaban J connectivity index is 2.20. The Morgan fingerprint density at radius 2 is 1.93 bits per heavy atom. The summed E-state index contributed by atoms with van der Waals surface area (Å²) in [6.45, 7) is 2.25. The minimum Gasteiger partial charge on any atom is -0.394 e. The average Bonchev–Trinajstić information content (AvgIpc) is 2.66. The van der Waals surface area contributed by atoms with Crippen LogP contribution < -0.4 is 16.6 Å². The number of hydrogen-bond donors (Lipinski definition) is 5. The second-order valence-electron chi connectivity index (χ2n) is 6.60. The largest absolute Gasteiger partial charge is 0.394 e. The van der Waals surface area contributed by atoms with Crippen LogP contribution in [0.2, 0.25) is 0 Å². The molecule has 2 rings (SSSR count). The highest BCUT2D eigenvalue weighted by atomic mass is 16.6. The van der Waals surface area contributed by atoms with Gasteiger partial charge in [-0.05, 0) is 37.6 Å². The van der Waals surface area contributed by atoms with Gasteiger partial charge in [-0.3, -0.25) is 24.7 Å². The number of aliphatic hydroxyl groups is 2. The molecule has 0 saturated carbocycles. The summed E-state index contributed by atoms with van der Waals surface area (Å²) in [5.74, 6) is -0.715. The van der Waals surface area contributed by atoms with Gasteiger partial charge in [0.1, 0.15) is 6.10 Å². The molecule has 0 radical (unpaired) electrons. The molecule has 1 amide bonds. The van der Waals surface area contributed by atoms with E-state index in [0.29, 0.717) is 0 Å². The first-order chi connectivity index (χ1) is 13.6. The number of carbonyl (C=O) groups excluding carboxylic acids is 1. The number of nitrogens with zero attached hydrogens (tertiary/aromatic N) is 1. The first-order valence-electron chi connectivity index (χ1n) is 8.44. The molecular formula is C18H20N4O7. The summed E-state index contributed by atoms with van der Waals surface area (Å²) < 4.78 is 0. The lowest BCUT2D eigenvalue weighted by molar-refractivity contribution is -0.384. The molecule has 2 atom stereocenters. The summed E-state index contributed by atoms with van der Waals surface area (Å²) in [5, 5.41) is 33.5. The average molecular weight is 404 g/mol. The first-order valence-corrected chi connectivity index (χ1v) is 8.44. The molecule has 0 bridgehead atoms. The smallest absolute Gasteiger partial charge is 0.325 e. The minimum atomic E-state index is -1.51. The van der Waals surface area contributed by atoms with E-state index >= 15 is 0 Å². The van der Waals surface area contributed by atoms with Crippen LogP contribution in [-0.2, 0) is 4.79 Å². The zero-order valence-electron chi connectivity index (χ0n) is 15.6. The van der Waals surface area contributed by atoms with Crippen LogP contribution in [-0.4, -0.2) is 43.2 Å². The molecule has 11 heteroatoms. The van der Waals surface area contributed by atoms with Gasteiger partial charge in [-0.1, -0.05) is 0 Å². The number of nitro groups is 1. The Morgan fingerprint density at radius 1 is 1.31 bits per heavy atom. The number of aryl methyl sites for hydroxylation is 1. The second kappa shape index (κ2) is 8.63. The number of aromatic amines is 2. The van der Waals surface area contributed by atoms with E-state index < -0.39 is 40.3 Å². The maximum absolute atomic E-state index is 12.3. The maximum atomic E-state index is 12.3. The highest BCUT2D eigenvalue weighted by Gasteiger charge is 2.35. The monoisotopic (exact) mass is 404 g/mol. The van der Waals surface area contributed by atoms with Crippen LogP contribution in [0.5, 0.6) is 0 Å². The van der Waals surface area contributed by atoms with Crippen LogP contribution in [0.4, 0.5) is 5.69 Å². The molecule has 1 aromatic heterocycles. The molecule has 2 unspecified atom stereocenters. The number of aliphatic hydroxyl groups excluding tert-OH is 2. The third-order valence-corrected chi connectivity index (χ3v) is 4.34. The van der Waals surface area contributed by atoms with Gasteiger partial charge in [0, 0.05) is 23.9 Å². The zero-order valence-corrected chi connectivity index (χ0v) is 15.6. The standard InChI is InChI=1S/C18H20N4O7/c1-10-13(16(26)20-17(27)19-10)7-8-14(24)21-18(2,9-23)15(25)11-3-5-12(6-4-11)22(28)29/h3-8,15,23,25H,9H2,1-2H3,(H,21,24)(H2,19,20,26,27)/b8-7+. The molecule has 11 nitrogen and oxygen atoms in total. The highest BCUT2D eigenvalue weighted by Crippen LogP contribution is 2.27. The number of nitrogens with one attached hydrogen (secondary N) is 3. The Labute approximate surface area is 163 Å². The van der Waals surface area contributed by atoms with Crippen molar-refractivity contribution in [3.63, 3.8) is 0 Å². The van der Waals surface area contributed by atoms with Gasteiger partial charge in [0.05, 0.1) is 22.6 Å². The van der Waals surface area contributed by atoms with Gasteiger partial charge in [0.15, 0.2) is 0 Å². The van der Waals surface area contributed by atoms with Crippen molar-refractivity contribution in [3.05, 3.63) is 78.1 Å². The van der Waals surface area contributed by atoms with Gasteiger partial charge >= 0.3 is 5.69 Å². The van der Waals surface area contributed by atoms with Crippen molar-refractivity contribution in [3.8, 4) is 0 Å². The molecule has 5 N–H and O–H groups in total. The molecule has 0 saturated heterocycles. The lowest BCUT2D eigenvalue weighted by Gasteiger charge is -2.33. The number of carbonyl (C=O) groups is 1. The number of benzene rings is 1. The Kier molecular flexibility index (Phi) is 6.46. The number of rotatable bonds is 7. The fourth-order valence-corrected chi connectivity index (χ4v) is 2.63. The summed E-state index contributed by atoms with van der Waals surface area (Å²) in [4.78, 5) is 49.8. The van der Waals surface area contributed by atoms with Crippen LogP contribution in [0.15, 0.2) is 39.9 Å². The van der Waals surface area contributed by atoms with Gasteiger partial charge in [-0.2, -0.15) is 0 Å². The van der Waals surface area contributed by atoms with Crippen molar-refractivity contribution in [2.24, 2.45) is 0 Å². The summed E-state index contributed by atoms with van der Waals surface area (Å²) in [5.41, 5.74) is -2.44. The predicted molar refractivity (Wildman–Crippen MR) is 103 cm³/mol. The maximum Gasteiger partial charge on any atom is 0.325 e. The molecular weight excluding hydrogens is 384 g/mol. The molecule has 0 fully saturated rings. The topological polar surface area (TPSA) is 178 Å². The molecule has 0 aliphatic heterocycles. The molecule has 1 aromatic carbocycles. The number of H-pyrrole nitrogens is 2. The summed E-state index contributed by atoms with van der Waals surface area (Å²) in [7, 11) is 0. The molecule has 0 aliphatic rings. The van der Waals surface area contributed by atoms with Crippen molar-refractivity contribution >= 4 is 17.7 Å². The van der Waals surface area contributed by atoms with Crippen LogP contribution in [0.3, 0.4) is 0 Å². The van der Waals surface area contributed by atoms with Crippen molar-refractivity contribution < 1.29 is 19.9 Å². The Bertz CT molecular complexity index is 1060. The lowest BCUT2D eigenvalue weighted by Crippen LogP contribution is -2.52. The summed E-state index contributed by atoms with van der Waals surface area (Å²) >= 11 is 0. The van der Waals surface area contributed by atoms with E-state index in [1.807, 2.05) is 4.98 Å². The minimum absolute atomic E-state index is 0.0707. The van der Waals surface area contributed by atoms with Crippen LogP contribution in [0, 0.1) is 17.0 Å². The molecule has 0 spiro atoms. The molecule has 154 valence electrons. The number of amides is 1. The summed E-state index contributed by atoms with van der Waals surface area (Å²) in [6, 6.07) is 5.04. The van der Waals surface area contributed by atoms with Crippen molar-refractivity contribution in [2.75, 3.05) is 6.61 Å². The number of hydrogen-bond acceptors (Lipinski definition) is 7. The van der Waals surface area contributed by atoms with E-state index in [4.69, 9.17) is 0 Å². The predicted octanol–water partition coefficient (Wildman–Crippen LogP) is -0.106. The number of non-ortho nitro benzene ring substituents is 1. The summed E-state index contributed by atoms with van der Waals surface area (Å²) in [6.07, 6.45) is 0.839. The third-order valence-electron chi connectivity index (χ3n) is 4.34. The van der Waals surface area contributed by atoms with E-state index in [1.165, 1.54) is 44.2 Å². The lowest BCUT2D eigenvalue weighted by atomic mass is 9.89. The van der Waals surface area contributed by atoms with E-state index in [2.05, 4.69) is 10.3 Å². The quantitative estimate of drug-likeness (QED) is 0.243. The van der Waals surface area contributed by atoms with E-state index in [1.54, 1.807) is 0 Å². The van der Waals surface area contributed by atoms with E-state index in [9.17, 15) is 34.7 Å². The molecule has 1 heterocycles. The Morgan fingerprint density at radius 3 is 2.45 bits per heavy atom. The van der Waals surface area contributed by atoms with Crippen LogP contribution in [0.25, 0.3) is 6.08 Å². The van der Waals surface area contributed by atoms with E-state index in [0.717, 1.165) is 6.08 Å². The number of aromatic nitrogens is 2. The van der Waals surface area contributed by atoms with Crippen LogP contribution >= 0.6 is 0 Å². The van der Waals surface area contributed by atoms with Crippen LogP contribution in [0.1, 0.15) is 29.8 Å². The fourth-order valence-electron chi connectivity index (χ4n) is 2.63. The molecule has 2 aromatic rings. The number of nitro benzene ring substituents is 1. The van der Waals surface area contributed by atoms with Crippen molar-refractivity contribution in [1.82, 2.24) is 15.3 Å². The first kappa shape index (κ1) is 21.7. The van der Waals surface area contributed by atoms with Gasteiger partial charge in [0.25, 0.3) is 11.2 Å². The van der Waals surface area contributed by atoms with Gasteiger partial charge in [-0.25, -0.2) is 4.79 Å². The van der Waals surface area contributed by atoms with E-state index in [-0.39, 0.29) is 22.5 Å². The van der Waals surface area contributed by atoms with Crippen molar-refractivity contribution in [2.45, 2.75) is 25.5 Å². The Hall–Kier alpha value is -3.57. The molecule has 0 aliphatic carbocycles. The van der Waals surface area contributed by atoms with Gasteiger partial charge in [0.2, 0.25) is 5.91 Å². The van der Waals surface area contributed by atoms with Gasteiger partial charge < -0.3 is 20.5 Å². The SMILES string of the molecule is Cc1[nH]c(=O)[nH]c(=O)c1/C=C/C(=O)NC(C)(CO)C(O)c1ccc([N+](=O)[O-])cc1. The fraction of sp³-hybridized carbons (Fsp3) is 0.278. The zero-order chi connectivity index (χ0) is 21.8. The van der Waals surface area contributed by atoms with Crippen molar-refractivity contribution in [1.29, 1.82) is 0 Å². The second-order valence-corrected chi connectivity index (χ2v) is 6.60. The molecule has 29 heavy (non-hydrogen) atoms. The van der Waals surface area contributed by atoms with Gasteiger partial charge in [-0.15, -0.1) is 0 Å². The normalized spacial score (nSPS) is 14.3. The third kappa shape index (κ3) is 5.03.